The molecule has 1 aromatic rings. The summed E-state index contributed by atoms with van der Waals surface area (Å²) in [7, 11) is 1.47. The molecule has 3 heterocycles. The molecule has 0 amide bonds. The number of hydrogen-bond acceptors (Lipinski definition) is 9. The number of ether oxygens (including phenoxy) is 4. The van der Waals surface area contributed by atoms with E-state index < -0.39 is 30.7 Å². The number of piperidine rings is 2. The fourth-order valence-corrected chi connectivity index (χ4v) is 5.29. The number of rotatable bonds is 7. The molecule has 9 heteroatoms. The van der Waals surface area contributed by atoms with Gasteiger partial charge in [-0.3, -0.25) is 4.90 Å². The zero-order chi connectivity index (χ0) is 24.9. The third kappa shape index (κ3) is 6.16. The van der Waals surface area contributed by atoms with E-state index >= 15 is 0 Å². The number of aliphatic hydroxyl groups excluding tert-OH is 3. The summed E-state index contributed by atoms with van der Waals surface area (Å²) >= 11 is 0. The first-order valence-electron chi connectivity index (χ1n) is 12.5. The van der Waals surface area contributed by atoms with Crippen LogP contribution in [0, 0.1) is 5.92 Å². The first-order valence-corrected chi connectivity index (χ1v) is 12.5. The minimum Gasteiger partial charge on any atom is -0.493 e. The molecule has 0 bridgehead atoms. The number of nitrogens with zero attached hydrogens (tertiary/aromatic N) is 1. The molecule has 3 aliphatic rings. The Morgan fingerprint density at radius 1 is 1.09 bits per heavy atom. The van der Waals surface area contributed by atoms with Gasteiger partial charge in [-0.25, -0.2) is 4.79 Å². The van der Waals surface area contributed by atoms with Gasteiger partial charge >= 0.3 is 5.97 Å². The van der Waals surface area contributed by atoms with Gasteiger partial charge in [-0.2, -0.15) is 0 Å². The summed E-state index contributed by atoms with van der Waals surface area (Å²) in [5, 5.41) is 30.0. The van der Waals surface area contributed by atoms with Crippen LogP contribution in [0.2, 0.25) is 0 Å². The fraction of sp³-hybridized carbons (Fsp3) is 0.654. The van der Waals surface area contributed by atoms with E-state index in [-0.39, 0.29) is 5.97 Å². The van der Waals surface area contributed by atoms with Crippen LogP contribution in [0.1, 0.15) is 44.6 Å². The Labute approximate surface area is 206 Å². The van der Waals surface area contributed by atoms with E-state index in [1.54, 1.807) is 31.2 Å². The molecule has 194 valence electrons. The third-order valence-electron chi connectivity index (χ3n) is 7.32. The largest absolute Gasteiger partial charge is 0.493 e. The molecule has 9 nitrogen and oxygen atoms in total. The van der Waals surface area contributed by atoms with Gasteiger partial charge < -0.3 is 34.3 Å². The SMILES string of the molecule is COc1cc(/C=C/C(=O)OC[C@@H]2CCCN3CCCC[C@H]23)ccc1O[C@@H]1O[C@H](C)[C@H](O)[C@@H](O)[C@H]1O. The molecule has 4 rings (SSSR count). The highest BCUT2D eigenvalue weighted by molar-refractivity contribution is 5.87. The van der Waals surface area contributed by atoms with Gasteiger partial charge in [-0.1, -0.05) is 12.5 Å². The van der Waals surface area contributed by atoms with Gasteiger partial charge in [0.15, 0.2) is 11.5 Å². The predicted octanol–water partition coefficient (Wildman–Crippen LogP) is 1.72. The molecule has 35 heavy (non-hydrogen) atoms. The molecule has 3 N–H and O–H groups in total. The van der Waals surface area contributed by atoms with Crippen molar-refractivity contribution in [3.05, 3.63) is 29.8 Å². The van der Waals surface area contributed by atoms with Crippen molar-refractivity contribution in [2.24, 2.45) is 5.92 Å². The molecular formula is C26H37NO8. The zero-order valence-electron chi connectivity index (χ0n) is 20.4. The highest BCUT2D eigenvalue weighted by Gasteiger charge is 2.43. The maximum atomic E-state index is 12.4. The van der Waals surface area contributed by atoms with Gasteiger partial charge in [0.05, 0.1) is 19.8 Å². The number of fused-ring (bicyclic) bond motifs is 1. The quantitative estimate of drug-likeness (QED) is 0.387. The van der Waals surface area contributed by atoms with E-state index in [4.69, 9.17) is 18.9 Å². The Kier molecular flexibility index (Phi) is 8.67. The Morgan fingerprint density at radius 3 is 2.69 bits per heavy atom. The summed E-state index contributed by atoms with van der Waals surface area (Å²) in [6, 6.07) is 5.57. The van der Waals surface area contributed by atoms with Crippen LogP contribution in [-0.2, 0) is 14.3 Å². The van der Waals surface area contributed by atoms with E-state index in [1.807, 2.05) is 0 Å². The van der Waals surface area contributed by atoms with E-state index in [1.165, 1.54) is 32.4 Å². The molecular weight excluding hydrogens is 454 g/mol. The van der Waals surface area contributed by atoms with Gasteiger partial charge in [0, 0.05) is 18.0 Å². The number of carbonyl (C=O) groups is 1. The molecule has 0 unspecified atom stereocenters. The maximum Gasteiger partial charge on any atom is 0.330 e. The second-order valence-corrected chi connectivity index (χ2v) is 9.67. The van der Waals surface area contributed by atoms with Crippen LogP contribution in [0.25, 0.3) is 6.08 Å². The summed E-state index contributed by atoms with van der Waals surface area (Å²) in [6.07, 6.45) is 3.10. The average Bonchev–Trinajstić information content (AvgIpc) is 2.88. The zero-order valence-corrected chi connectivity index (χ0v) is 20.4. The van der Waals surface area contributed by atoms with E-state index in [9.17, 15) is 20.1 Å². The van der Waals surface area contributed by atoms with E-state index in [0.29, 0.717) is 35.6 Å². The molecule has 3 saturated heterocycles. The van der Waals surface area contributed by atoms with Crippen LogP contribution in [-0.4, -0.2) is 89.7 Å². The molecule has 0 spiro atoms. The summed E-state index contributed by atoms with van der Waals surface area (Å²) < 4.78 is 22.2. The van der Waals surface area contributed by atoms with Crippen molar-refractivity contribution < 1.29 is 39.1 Å². The molecule has 3 aliphatic heterocycles. The minimum absolute atomic E-state index is 0.293. The number of carbonyl (C=O) groups excluding carboxylic acids is 1. The molecule has 0 aromatic heterocycles. The standard InChI is InChI=1S/C26H37NO8/c1-16-23(29)24(30)25(31)26(34-16)35-20-10-8-17(14-21(20)32-2)9-11-22(28)33-15-18-6-5-13-27-12-4-3-7-19(18)27/h8-11,14,16,18-19,23-26,29-31H,3-7,12-13,15H2,1-2H3/b11-9+/t16-,18+,19-,23+,24-,25-,26+/m1/s1. The number of esters is 1. The van der Waals surface area contributed by atoms with Gasteiger partial charge in [0.2, 0.25) is 6.29 Å². The molecule has 0 radical (unpaired) electrons. The van der Waals surface area contributed by atoms with Gasteiger partial charge in [0.25, 0.3) is 0 Å². The van der Waals surface area contributed by atoms with Crippen molar-refractivity contribution in [1.82, 2.24) is 4.90 Å². The third-order valence-corrected chi connectivity index (χ3v) is 7.32. The molecule has 3 fully saturated rings. The highest BCUT2D eigenvalue weighted by atomic mass is 16.7. The van der Waals surface area contributed by atoms with Crippen LogP contribution in [0.3, 0.4) is 0 Å². The van der Waals surface area contributed by atoms with Crippen molar-refractivity contribution in [1.29, 1.82) is 0 Å². The highest BCUT2D eigenvalue weighted by Crippen LogP contribution is 2.33. The lowest BCUT2D eigenvalue weighted by Crippen LogP contribution is -2.58. The lowest BCUT2D eigenvalue weighted by atomic mass is 9.84. The van der Waals surface area contributed by atoms with Crippen molar-refractivity contribution >= 4 is 12.0 Å². The normalized spacial score (nSPS) is 33.8. The van der Waals surface area contributed by atoms with Crippen LogP contribution >= 0.6 is 0 Å². The molecule has 1 aromatic carbocycles. The van der Waals surface area contributed by atoms with Crippen molar-refractivity contribution in [3.63, 3.8) is 0 Å². The monoisotopic (exact) mass is 491 g/mol. The smallest absolute Gasteiger partial charge is 0.330 e. The van der Waals surface area contributed by atoms with Gasteiger partial charge in [0.1, 0.15) is 18.3 Å². The number of benzene rings is 1. The van der Waals surface area contributed by atoms with Crippen molar-refractivity contribution in [3.8, 4) is 11.5 Å². The van der Waals surface area contributed by atoms with Crippen LogP contribution < -0.4 is 9.47 Å². The number of methoxy groups -OCH3 is 1. The lowest BCUT2D eigenvalue weighted by molar-refractivity contribution is -0.268. The topological polar surface area (TPSA) is 118 Å². The van der Waals surface area contributed by atoms with Crippen molar-refractivity contribution in [2.75, 3.05) is 26.8 Å². The molecule has 0 aliphatic carbocycles. The Hall–Kier alpha value is -2.17. The van der Waals surface area contributed by atoms with Crippen LogP contribution in [0.4, 0.5) is 0 Å². The summed E-state index contributed by atoms with van der Waals surface area (Å²) in [4.78, 5) is 14.9. The first-order chi connectivity index (χ1) is 16.9. The second kappa shape index (κ2) is 11.7. The molecule has 0 saturated carbocycles. The Bertz CT molecular complexity index is 890. The Morgan fingerprint density at radius 2 is 1.89 bits per heavy atom. The van der Waals surface area contributed by atoms with Gasteiger partial charge in [-0.15, -0.1) is 0 Å². The minimum atomic E-state index is -1.43. The average molecular weight is 492 g/mol. The lowest BCUT2D eigenvalue weighted by Gasteiger charge is -2.44. The van der Waals surface area contributed by atoms with Crippen LogP contribution in [0.15, 0.2) is 24.3 Å². The van der Waals surface area contributed by atoms with E-state index in [0.717, 1.165) is 25.9 Å². The summed E-state index contributed by atoms with van der Waals surface area (Å²) in [6.45, 7) is 4.34. The summed E-state index contributed by atoms with van der Waals surface area (Å²) in [5.74, 6) is 0.681. The number of hydrogen-bond donors (Lipinski definition) is 3. The number of aliphatic hydroxyl groups is 3. The predicted molar refractivity (Wildman–Crippen MR) is 128 cm³/mol. The van der Waals surface area contributed by atoms with E-state index in [2.05, 4.69) is 4.90 Å². The van der Waals surface area contributed by atoms with Crippen LogP contribution in [0.5, 0.6) is 11.5 Å². The molecule has 7 atom stereocenters. The van der Waals surface area contributed by atoms with Crippen molar-refractivity contribution in [2.45, 2.75) is 75.8 Å². The fourth-order valence-electron chi connectivity index (χ4n) is 5.29. The Balaban J connectivity index is 1.33. The first kappa shape index (κ1) is 25.9. The summed E-state index contributed by atoms with van der Waals surface area (Å²) in [5.41, 5.74) is 0.705. The second-order valence-electron chi connectivity index (χ2n) is 9.67. The maximum absolute atomic E-state index is 12.4. The van der Waals surface area contributed by atoms with Gasteiger partial charge in [-0.05, 0) is 69.5 Å².